The molecule has 1 unspecified atom stereocenters. The molecule has 1 N–H and O–H groups in total. The fourth-order valence-corrected chi connectivity index (χ4v) is 2.40. The molecular formula is C14H10ClF3N2O. The van der Waals surface area contributed by atoms with Crippen LogP contribution in [0.2, 0.25) is 5.15 Å². The molecule has 7 heteroatoms. The third-order valence-electron chi connectivity index (χ3n) is 3.14. The standard InChI is InChI=1S/C14H10ClF3N2O/c15-12-5-8(14(16,17)18)6-13(20-12)19-10-7-21-11-4-2-1-3-9(10)11/h1-6,10H,7H2,(H,19,20). The van der Waals surface area contributed by atoms with Gasteiger partial charge in [0.15, 0.2) is 0 Å². The predicted molar refractivity (Wildman–Crippen MR) is 72.5 cm³/mol. The van der Waals surface area contributed by atoms with E-state index in [9.17, 15) is 13.2 Å². The molecule has 0 fully saturated rings. The van der Waals surface area contributed by atoms with E-state index in [1.807, 2.05) is 24.3 Å². The SMILES string of the molecule is FC(F)(F)c1cc(Cl)nc(NC2COc3ccccc32)c1. The van der Waals surface area contributed by atoms with Gasteiger partial charge in [0.2, 0.25) is 0 Å². The van der Waals surface area contributed by atoms with Crippen molar-refractivity contribution in [1.82, 2.24) is 4.98 Å². The van der Waals surface area contributed by atoms with Gasteiger partial charge in [-0.1, -0.05) is 29.8 Å². The van der Waals surface area contributed by atoms with Crippen molar-refractivity contribution in [3.05, 3.63) is 52.7 Å². The Morgan fingerprint density at radius 1 is 1.24 bits per heavy atom. The lowest BCUT2D eigenvalue weighted by molar-refractivity contribution is -0.137. The highest BCUT2D eigenvalue weighted by atomic mass is 35.5. The highest BCUT2D eigenvalue weighted by molar-refractivity contribution is 6.29. The number of halogens is 4. The van der Waals surface area contributed by atoms with Crippen LogP contribution < -0.4 is 10.1 Å². The largest absolute Gasteiger partial charge is 0.491 e. The van der Waals surface area contributed by atoms with Crippen LogP contribution in [0.1, 0.15) is 17.2 Å². The molecule has 1 aromatic heterocycles. The summed E-state index contributed by atoms with van der Waals surface area (Å²) >= 11 is 5.66. The van der Waals surface area contributed by atoms with Gasteiger partial charge in [0.1, 0.15) is 23.3 Å². The molecule has 2 heterocycles. The molecule has 0 saturated carbocycles. The van der Waals surface area contributed by atoms with E-state index < -0.39 is 11.7 Å². The molecule has 3 nitrogen and oxygen atoms in total. The van der Waals surface area contributed by atoms with Crippen molar-refractivity contribution in [3.8, 4) is 5.75 Å². The molecule has 21 heavy (non-hydrogen) atoms. The van der Waals surface area contributed by atoms with Crippen molar-refractivity contribution in [2.45, 2.75) is 12.2 Å². The normalized spacial score (nSPS) is 17.2. The fraction of sp³-hybridized carbons (Fsp3) is 0.214. The van der Waals surface area contributed by atoms with E-state index in [0.717, 1.165) is 17.7 Å². The summed E-state index contributed by atoms with van der Waals surface area (Å²) in [6.45, 7) is 0.328. The van der Waals surface area contributed by atoms with E-state index in [1.165, 1.54) is 0 Å². The van der Waals surface area contributed by atoms with Gasteiger partial charge in [0, 0.05) is 5.56 Å². The Balaban J connectivity index is 1.88. The summed E-state index contributed by atoms with van der Waals surface area (Å²) in [7, 11) is 0. The van der Waals surface area contributed by atoms with Crippen LogP contribution in [-0.4, -0.2) is 11.6 Å². The van der Waals surface area contributed by atoms with Crippen molar-refractivity contribution >= 4 is 17.4 Å². The van der Waals surface area contributed by atoms with Gasteiger partial charge in [-0.2, -0.15) is 13.2 Å². The number of aromatic nitrogens is 1. The minimum absolute atomic E-state index is 0.0696. The molecule has 1 aliphatic heterocycles. The first kappa shape index (κ1) is 14.0. The van der Waals surface area contributed by atoms with E-state index in [1.54, 1.807) is 0 Å². The van der Waals surface area contributed by atoms with Crippen LogP contribution in [-0.2, 0) is 6.18 Å². The van der Waals surface area contributed by atoms with Gasteiger partial charge in [-0.3, -0.25) is 0 Å². The van der Waals surface area contributed by atoms with Crippen molar-refractivity contribution in [3.63, 3.8) is 0 Å². The summed E-state index contributed by atoms with van der Waals surface area (Å²) in [5.74, 6) is 0.785. The van der Waals surface area contributed by atoms with E-state index >= 15 is 0 Å². The second-order valence-electron chi connectivity index (χ2n) is 4.61. The van der Waals surface area contributed by atoms with Crippen molar-refractivity contribution in [2.24, 2.45) is 0 Å². The van der Waals surface area contributed by atoms with Crippen LogP contribution in [0.4, 0.5) is 19.0 Å². The zero-order chi connectivity index (χ0) is 15.0. The van der Waals surface area contributed by atoms with Gasteiger partial charge in [-0.15, -0.1) is 0 Å². The van der Waals surface area contributed by atoms with E-state index in [-0.39, 0.29) is 17.0 Å². The summed E-state index contributed by atoms with van der Waals surface area (Å²) in [4.78, 5) is 3.88. The summed E-state index contributed by atoms with van der Waals surface area (Å²) in [5, 5.41) is 2.72. The fourth-order valence-electron chi connectivity index (χ4n) is 2.20. The zero-order valence-electron chi connectivity index (χ0n) is 10.6. The monoisotopic (exact) mass is 314 g/mol. The van der Waals surface area contributed by atoms with Gasteiger partial charge < -0.3 is 10.1 Å². The zero-order valence-corrected chi connectivity index (χ0v) is 11.4. The number of pyridine rings is 1. The summed E-state index contributed by atoms with van der Waals surface area (Å²) in [6.07, 6.45) is -4.47. The van der Waals surface area contributed by atoms with Gasteiger partial charge in [-0.25, -0.2) is 4.98 Å². The number of nitrogens with one attached hydrogen (secondary N) is 1. The molecule has 2 aromatic rings. The van der Waals surface area contributed by atoms with E-state index in [4.69, 9.17) is 16.3 Å². The third-order valence-corrected chi connectivity index (χ3v) is 3.34. The average Bonchev–Trinajstić information content (AvgIpc) is 2.81. The molecule has 0 bridgehead atoms. The quantitative estimate of drug-likeness (QED) is 0.839. The van der Waals surface area contributed by atoms with Crippen LogP contribution in [0.5, 0.6) is 5.75 Å². The number of fused-ring (bicyclic) bond motifs is 1. The van der Waals surface area contributed by atoms with Gasteiger partial charge in [0.25, 0.3) is 0 Å². The minimum atomic E-state index is -4.47. The second kappa shape index (κ2) is 5.11. The molecule has 0 radical (unpaired) electrons. The second-order valence-corrected chi connectivity index (χ2v) is 4.99. The maximum absolute atomic E-state index is 12.8. The molecular weight excluding hydrogens is 305 g/mol. The molecule has 1 aliphatic rings. The number of anilines is 1. The number of benzene rings is 1. The Hall–Kier alpha value is -1.95. The van der Waals surface area contributed by atoms with Gasteiger partial charge in [0.05, 0.1) is 11.6 Å². The molecule has 1 aromatic carbocycles. The lowest BCUT2D eigenvalue weighted by atomic mass is 10.1. The van der Waals surface area contributed by atoms with Crippen LogP contribution in [0, 0.1) is 0 Å². The third kappa shape index (κ3) is 2.90. The number of para-hydroxylation sites is 1. The summed E-state index contributed by atoms with van der Waals surface area (Å²) in [6, 6.07) is 8.82. The maximum atomic E-state index is 12.8. The Morgan fingerprint density at radius 3 is 2.76 bits per heavy atom. The number of hydrogen-bond donors (Lipinski definition) is 1. The van der Waals surface area contributed by atoms with Crippen LogP contribution in [0.25, 0.3) is 0 Å². The number of nitrogens with zero attached hydrogens (tertiary/aromatic N) is 1. The molecule has 0 saturated heterocycles. The maximum Gasteiger partial charge on any atom is 0.416 e. The van der Waals surface area contributed by atoms with Crippen LogP contribution >= 0.6 is 11.6 Å². The minimum Gasteiger partial charge on any atom is -0.491 e. The molecule has 110 valence electrons. The highest BCUT2D eigenvalue weighted by Gasteiger charge is 2.32. The molecule has 0 spiro atoms. The van der Waals surface area contributed by atoms with Crippen molar-refractivity contribution < 1.29 is 17.9 Å². The highest BCUT2D eigenvalue weighted by Crippen LogP contribution is 2.36. The molecule has 0 amide bonds. The topological polar surface area (TPSA) is 34.2 Å². The number of rotatable bonds is 2. The molecule has 1 atom stereocenters. The Kier molecular flexibility index (Phi) is 3.41. The Labute approximate surface area is 123 Å². The lowest BCUT2D eigenvalue weighted by Crippen LogP contribution is -2.14. The first-order valence-corrected chi connectivity index (χ1v) is 6.54. The smallest absolute Gasteiger partial charge is 0.416 e. The van der Waals surface area contributed by atoms with E-state index in [2.05, 4.69) is 10.3 Å². The average molecular weight is 315 g/mol. The number of hydrogen-bond acceptors (Lipinski definition) is 3. The Bertz CT molecular complexity index is 676. The predicted octanol–water partition coefficient (Wildman–Crippen LogP) is 4.30. The van der Waals surface area contributed by atoms with Crippen LogP contribution in [0.15, 0.2) is 36.4 Å². The Morgan fingerprint density at radius 2 is 2.00 bits per heavy atom. The number of alkyl halides is 3. The van der Waals surface area contributed by atoms with E-state index in [0.29, 0.717) is 12.4 Å². The molecule has 0 aliphatic carbocycles. The summed E-state index contributed by atoms with van der Waals surface area (Å²) < 4.78 is 43.8. The van der Waals surface area contributed by atoms with Crippen LogP contribution in [0.3, 0.4) is 0 Å². The van der Waals surface area contributed by atoms with Gasteiger partial charge >= 0.3 is 6.18 Å². The molecule has 3 rings (SSSR count). The van der Waals surface area contributed by atoms with Crippen molar-refractivity contribution in [1.29, 1.82) is 0 Å². The summed E-state index contributed by atoms with van der Waals surface area (Å²) in [5.41, 5.74) is 0.0463. The number of ether oxygens (including phenoxy) is 1. The van der Waals surface area contributed by atoms with Crippen molar-refractivity contribution in [2.75, 3.05) is 11.9 Å². The first-order chi connectivity index (χ1) is 9.93. The lowest BCUT2D eigenvalue weighted by Gasteiger charge is -2.14. The van der Waals surface area contributed by atoms with Gasteiger partial charge in [-0.05, 0) is 18.2 Å². The first-order valence-electron chi connectivity index (χ1n) is 6.16.